The Balaban J connectivity index is 1.74. The van der Waals surface area contributed by atoms with Crippen LogP contribution in [0.1, 0.15) is 32.0 Å². The summed E-state index contributed by atoms with van der Waals surface area (Å²) >= 11 is 0. The lowest BCUT2D eigenvalue weighted by Gasteiger charge is -2.14. The SMILES string of the molecule is COc1ccc(-n2nc(C(C)(C)C)cc2NC(=O)COCc2ccccc2)cc1. The highest BCUT2D eigenvalue weighted by atomic mass is 16.5. The predicted molar refractivity (Wildman–Crippen MR) is 114 cm³/mol. The van der Waals surface area contributed by atoms with Gasteiger partial charge < -0.3 is 14.8 Å². The Morgan fingerprint density at radius 3 is 2.38 bits per heavy atom. The molecule has 0 spiro atoms. The van der Waals surface area contributed by atoms with Gasteiger partial charge in [-0.25, -0.2) is 4.68 Å². The molecule has 0 atom stereocenters. The van der Waals surface area contributed by atoms with Crippen LogP contribution >= 0.6 is 0 Å². The van der Waals surface area contributed by atoms with Crippen LogP contribution in [0.3, 0.4) is 0 Å². The summed E-state index contributed by atoms with van der Waals surface area (Å²) in [6.07, 6.45) is 0. The first-order valence-electron chi connectivity index (χ1n) is 9.53. The van der Waals surface area contributed by atoms with Crippen molar-refractivity contribution in [2.75, 3.05) is 19.0 Å². The number of amides is 1. The zero-order chi connectivity index (χ0) is 20.9. The third-order valence-electron chi connectivity index (χ3n) is 4.41. The molecule has 0 radical (unpaired) electrons. The molecule has 0 fully saturated rings. The maximum Gasteiger partial charge on any atom is 0.251 e. The minimum atomic E-state index is -0.226. The van der Waals surface area contributed by atoms with Crippen molar-refractivity contribution < 1.29 is 14.3 Å². The van der Waals surface area contributed by atoms with Gasteiger partial charge in [-0.2, -0.15) is 5.10 Å². The van der Waals surface area contributed by atoms with Gasteiger partial charge in [0, 0.05) is 11.5 Å². The van der Waals surface area contributed by atoms with Crippen LogP contribution in [0.15, 0.2) is 60.7 Å². The van der Waals surface area contributed by atoms with Crippen molar-refractivity contribution in [3.8, 4) is 11.4 Å². The van der Waals surface area contributed by atoms with Crippen molar-refractivity contribution in [3.63, 3.8) is 0 Å². The molecule has 0 bridgehead atoms. The van der Waals surface area contributed by atoms with Gasteiger partial charge in [-0.05, 0) is 29.8 Å². The zero-order valence-electron chi connectivity index (χ0n) is 17.3. The van der Waals surface area contributed by atoms with Crippen molar-refractivity contribution in [2.24, 2.45) is 0 Å². The Hall–Kier alpha value is -3.12. The first-order valence-corrected chi connectivity index (χ1v) is 9.53. The number of hydrogen-bond acceptors (Lipinski definition) is 4. The highest BCUT2D eigenvalue weighted by molar-refractivity contribution is 5.91. The molecule has 3 aromatic rings. The summed E-state index contributed by atoms with van der Waals surface area (Å²) in [6, 6.07) is 19.2. The lowest BCUT2D eigenvalue weighted by molar-refractivity contribution is -0.121. The minimum absolute atomic E-state index is 0.0342. The number of ether oxygens (including phenoxy) is 2. The number of hydrogen-bond donors (Lipinski definition) is 1. The fraction of sp³-hybridized carbons (Fsp3) is 0.304. The molecule has 1 amide bonds. The van der Waals surface area contributed by atoms with Gasteiger partial charge in [-0.1, -0.05) is 51.1 Å². The third kappa shape index (κ3) is 5.45. The molecule has 0 saturated carbocycles. The molecule has 152 valence electrons. The van der Waals surface area contributed by atoms with Crippen LogP contribution in [0.5, 0.6) is 5.75 Å². The topological polar surface area (TPSA) is 65.4 Å². The Labute approximate surface area is 171 Å². The van der Waals surface area contributed by atoms with E-state index in [-0.39, 0.29) is 17.9 Å². The van der Waals surface area contributed by atoms with Gasteiger partial charge in [-0.15, -0.1) is 0 Å². The van der Waals surface area contributed by atoms with E-state index < -0.39 is 0 Å². The zero-order valence-corrected chi connectivity index (χ0v) is 17.3. The summed E-state index contributed by atoms with van der Waals surface area (Å²) in [7, 11) is 1.63. The van der Waals surface area contributed by atoms with Gasteiger partial charge >= 0.3 is 0 Å². The molecule has 1 aromatic heterocycles. The highest BCUT2D eigenvalue weighted by Gasteiger charge is 2.21. The van der Waals surface area contributed by atoms with Crippen LogP contribution in [0, 0.1) is 0 Å². The molecule has 0 aliphatic heterocycles. The summed E-state index contributed by atoms with van der Waals surface area (Å²) in [5.41, 5.74) is 2.59. The van der Waals surface area contributed by atoms with Crippen LogP contribution in [0.4, 0.5) is 5.82 Å². The van der Waals surface area contributed by atoms with Crippen LogP contribution in [0.25, 0.3) is 5.69 Å². The van der Waals surface area contributed by atoms with Crippen LogP contribution in [0.2, 0.25) is 0 Å². The second-order valence-corrected chi connectivity index (χ2v) is 7.80. The van der Waals surface area contributed by atoms with Crippen molar-refractivity contribution >= 4 is 11.7 Å². The van der Waals surface area contributed by atoms with Gasteiger partial charge in [0.1, 0.15) is 18.2 Å². The van der Waals surface area contributed by atoms with E-state index >= 15 is 0 Å². The van der Waals surface area contributed by atoms with Gasteiger partial charge in [0.05, 0.1) is 25.1 Å². The number of methoxy groups -OCH3 is 1. The lowest BCUT2D eigenvalue weighted by Crippen LogP contribution is -2.20. The number of aromatic nitrogens is 2. The maximum absolute atomic E-state index is 12.4. The standard InChI is InChI=1S/C23H27N3O3/c1-23(2,3)20-14-21(26(25-20)18-10-12-19(28-4)13-11-18)24-22(27)16-29-15-17-8-6-5-7-9-17/h5-14H,15-16H2,1-4H3,(H,24,27). The van der Waals surface area contributed by atoms with Gasteiger partial charge in [0.2, 0.25) is 0 Å². The van der Waals surface area contributed by atoms with Crippen LogP contribution in [-0.2, 0) is 21.6 Å². The molecule has 29 heavy (non-hydrogen) atoms. The van der Waals surface area contributed by atoms with E-state index in [0.29, 0.717) is 12.4 Å². The van der Waals surface area contributed by atoms with Crippen molar-refractivity contribution in [1.82, 2.24) is 9.78 Å². The molecule has 1 N–H and O–H groups in total. The van der Waals surface area contributed by atoms with Gasteiger partial charge in [0.15, 0.2) is 0 Å². The second kappa shape index (κ2) is 8.92. The molecule has 0 saturated heterocycles. The van der Waals surface area contributed by atoms with E-state index in [1.165, 1.54) is 0 Å². The Kier molecular flexibility index (Phi) is 6.34. The first kappa shape index (κ1) is 20.6. The number of carbonyl (C=O) groups excluding carboxylic acids is 1. The highest BCUT2D eigenvalue weighted by Crippen LogP contribution is 2.27. The Bertz CT molecular complexity index is 942. The molecule has 6 heteroatoms. The van der Waals surface area contributed by atoms with E-state index in [0.717, 1.165) is 22.7 Å². The number of carbonyl (C=O) groups is 1. The summed E-state index contributed by atoms with van der Waals surface area (Å²) in [6.45, 7) is 6.61. The van der Waals surface area contributed by atoms with Crippen LogP contribution in [-0.4, -0.2) is 29.4 Å². The molecule has 6 nitrogen and oxygen atoms in total. The molecule has 1 heterocycles. The predicted octanol–water partition coefficient (Wildman–Crippen LogP) is 4.33. The van der Waals surface area contributed by atoms with E-state index in [4.69, 9.17) is 14.6 Å². The van der Waals surface area contributed by atoms with Crippen molar-refractivity contribution in [1.29, 1.82) is 0 Å². The fourth-order valence-corrected chi connectivity index (χ4v) is 2.77. The monoisotopic (exact) mass is 393 g/mol. The summed E-state index contributed by atoms with van der Waals surface area (Å²) in [5, 5.41) is 7.63. The van der Waals surface area contributed by atoms with Crippen LogP contribution < -0.4 is 10.1 Å². The summed E-state index contributed by atoms with van der Waals surface area (Å²) in [5.74, 6) is 1.14. The second-order valence-electron chi connectivity index (χ2n) is 7.80. The number of anilines is 1. The number of benzene rings is 2. The number of nitrogens with zero attached hydrogens (tertiary/aromatic N) is 2. The van der Waals surface area contributed by atoms with E-state index in [1.807, 2.05) is 60.7 Å². The quantitative estimate of drug-likeness (QED) is 0.649. The summed E-state index contributed by atoms with van der Waals surface area (Å²) in [4.78, 5) is 12.4. The molecule has 0 aliphatic carbocycles. The van der Waals surface area contributed by atoms with E-state index in [2.05, 4.69) is 26.1 Å². The molecular formula is C23H27N3O3. The number of nitrogens with one attached hydrogen (secondary N) is 1. The largest absolute Gasteiger partial charge is 0.497 e. The average Bonchev–Trinajstić information content (AvgIpc) is 3.13. The Morgan fingerprint density at radius 2 is 1.76 bits per heavy atom. The average molecular weight is 393 g/mol. The third-order valence-corrected chi connectivity index (χ3v) is 4.41. The van der Waals surface area contributed by atoms with Crippen molar-refractivity contribution in [3.05, 3.63) is 71.9 Å². The fourth-order valence-electron chi connectivity index (χ4n) is 2.77. The van der Waals surface area contributed by atoms with E-state index in [1.54, 1.807) is 11.8 Å². The number of rotatable bonds is 7. The lowest BCUT2D eigenvalue weighted by atomic mass is 9.92. The molecule has 0 aliphatic rings. The Morgan fingerprint density at radius 1 is 1.07 bits per heavy atom. The minimum Gasteiger partial charge on any atom is -0.497 e. The van der Waals surface area contributed by atoms with Gasteiger partial charge in [-0.3, -0.25) is 4.79 Å². The summed E-state index contributed by atoms with van der Waals surface area (Å²) < 4.78 is 12.5. The van der Waals surface area contributed by atoms with E-state index in [9.17, 15) is 4.79 Å². The smallest absolute Gasteiger partial charge is 0.251 e. The van der Waals surface area contributed by atoms with Crippen molar-refractivity contribution in [2.45, 2.75) is 32.8 Å². The maximum atomic E-state index is 12.4. The molecular weight excluding hydrogens is 366 g/mol. The molecule has 3 rings (SSSR count). The normalized spacial score (nSPS) is 11.3. The molecule has 2 aromatic carbocycles. The first-order chi connectivity index (χ1) is 13.9. The molecule has 0 unspecified atom stereocenters. The van der Waals surface area contributed by atoms with Gasteiger partial charge in [0.25, 0.3) is 5.91 Å².